The molecule has 0 bridgehead atoms. The largest absolute Gasteiger partial charge is 0.396 e. The molecule has 1 heterocycles. The minimum Gasteiger partial charge on any atom is -0.396 e. The van der Waals surface area contributed by atoms with Crippen LogP contribution in [-0.4, -0.2) is 21.5 Å². The quantitative estimate of drug-likeness (QED) is 0.948. The van der Waals surface area contributed by atoms with Gasteiger partial charge in [-0.1, -0.05) is 29.8 Å². The van der Waals surface area contributed by atoms with Crippen LogP contribution in [0.15, 0.2) is 22.7 Å². The predicted molar refractivity (Wildman–Crippen MR) is 73.0 cm³/mol. The molecule has 0 atom stereocenters. The number of nitrogens with zero attached hydrogens (tertiary/aromatic N) is 3. The number of aliphatic hydroxyl groups excluding tert-OH is 1. The van der Waals surface area contributed by atoms with E-state index in [1.165, 1.54) is 0 Å². The van der Waals surface area contributed by atoms with Gasteiger partial charge in [0.15, 0.2) is 5.69 Å². The first kappa shape index (κ1) is 13.1. The maximum Gasteiger partial charge on any atom is 0.170 e. The second-order valence-corrected chi connectivity index (χ2v) is 6.02. The summed E-state index contributed by atoms with van der Waals surface area (Å²) >= 11 is 3.42. The first-order valence-electron chi connectivity index (χ1n) is 5.64. The third-order valence-corrected chi connectivity index (χ3v) is 3.32. The van der Waals surface area contributed by atoms with Gasteiger partial charge in [-0.15, -0.1) is 0 Å². The first-order valence-corrected chi connectivity index (χ1v) is 6.43. The van der Waals surface area contributed by atoms with Crippen molar-refractivity contribution in [1.82, 2.24) is 9.78 Å². The predicted octanol–water partition coefficient (Wildman–Crippen LogP) is 2.69. The molecule has 94 valence electrons. The molecule has 0 aliphatic carbocycles. The molecule has 0 saturated carbocycles. The average Bonchev–Trinajstić information content (AvgIpc) is 2.66. The number of hydrogen-bond acceptors (Lipinski definition) is 3. The van der Waals surface area contributed by atoms with Crippen LogP contribution in [0.2, 0.25) is 0 Å². The summed E-state index contributed by atoms with van der Waals surface area (Å²) in [7, 11) is 0. The first-order chi connectivity index (χ1) is 8.46. The summed E-state index contributed by atoms with van der Waals surface area (Å²) in [4.78, 5) is 0. The molecule has 0 saturated heterocycles. The summed E-state index contributed by atoms with van der Waals surface area (Å²) in [6.07, 6.45) is 0. The fourth-order valence-electron chi connectivity index (χ4n) is 1.81. The molecule has 1 aromatic heterocycles. The number of hydrogen-bond donors (Lipinski definition) is 1. The van der Waals surface area contributed by atoms with Gasteiger partial charge < -0.3 is 5.11 Å². The summed E-state index contributed by atoms with van der Waals surface area (Å²) in [5, 5.41) is 23.6. The Balaban J connectivity index is 2.58. The molecule has 0 fully saturated rings. The smallest absolute Gasteiger partial charge is 0.170 e. The molecule has 2 aromatic rings. The van der Waals surface area contributed by atoms with Crippen LogP contribution in [-0.2, 0) is 6.54 Å². The second kappa shape index (κ2) is 4.71. The molecule has 4 nitrogen and oxygen atoms in total. The van der Waals surface area contributed by atoms with E-state index in [1.54, 1.807) is 4.68 Å². The van der Waals surface area contributed by atoms with Gasteiger partial charge in [-0.3, -0.25) is 4.68 Å². The van der Waals surface area contributed by atoms with Crippen molar-refractivity contribution < 1.29 is 5.11 Å². The number of aliphatic hydroxyl groups is 1. The Kier molecular flexibility index (Phi) is 3.42. The van der Waals surface area contributed by atoms with Crippen molar-refractivity contribution in [2.24, 2.45) is 5.41 Å². The highest BCUT2D eigenvalue weighted by Crippen LogP contribution is 2.25. The van der Waals surface area contributed by atoms with Gasteiger partial charge in [0.05, 0.1) is 5.52 Å². The maximum absolute atomic E-state index is 9.33. The Morgan fingerprint density at radius 3 is 2.83 bits per heavy atom. The van der Waals surface area contributed by atoms with Gasteiger partial charge in [0.25, 0.3) is 0 Å². The van der Waals surface area contributed by atoms with E-state index in [2.05, 4.69) is 27.1 Å². The van der Waals surface area contributed by atoms with Crippen LogP contribution in [0.3, 0.4) is 0 Å². The van der Waals surface area contributed by atoms with Crippen molar-refractivity contribution in [1.29, 1.82) is 5.26 Å². The zero-order chi connectivity index (χ0) is 13.3. The molecule has 0 spiro atoms. The monoisotopic (exact) mass is 307 g/mol. The second-order valence-electron chi connectivity index (χ2n) is 5.10. The third-order valence-electron chi connectivity index (χ3n) is 2.83. The van der Waals surface area contributed by atoms with Gasteiger partial charge in [0.1, 0.15) is 6.07 Å². The molecular formula is C13H14BrN3O. The van der Waals surface area contributed by atoms with Gasteiger partial charge in [0, 0.05) is 28.4 Å². The molecule has 1 aromatic carbocycles. The van der Waals surface area contributed by atoms with E-state index >= 15 is 0 Å². The molecule has 1 N–H and O–H groups in total. The zero-order valence-corrected chi connectivity index (χ0v) is 11.9. The van der Waals surface area contributed by atoms with Crippen LogP contribution in [0.25, 0.3) is 10.9 Å². The Hall–Kier alpha value is -1.38. The van der Waals surface area contributed by atoms with Crippen molar-refractivity contribution in [3.63, 3.8) is 0 Å². The summed E-state index contributed by atoms with van der Waals surface area (Å²) in [6.45, 7) is 4.57. The van der Waals surface area contributed by atoms with Crippen molar-refractivity contribution in [2.75, 3.05) is 6.61 Å². The fourth-order valence-corrected chi connectivity index (χ4v) is 2.15. The molecule has 5 heteroatoms. The summed E-state index contributed by atoms with van der Waals surface area (Å²) < 4.78 is 2.73. The normalized spacial score (nSPS) is 11.7. The van der Waals surface area contributed by atoms with E-state index < -0.39 is 0 Å². The minimum atomic E-state index is -0.270. The van der Waals surface area contributed by atoms with Crippen molar-refractivity contribution in [3.05, 3.63) is 28.4 Å². The van der Waals surface area contributed by atoms with E-state index in [0.717, 1.165) is 15.4 Å². The van der Waals surface area contributed by atoms with Crippen LogP contribution in [0.4, 0.5) is 0 Å². The van der Waals surface area contributed by atoms with E-state index in [-0.39, 0.29) is 12.0 Å². The van der Waals surface area contributed by atoms with E-state index in [4.69, 9.17) is 5.26 Å². The average molecular weight is 308 g/mol. The van der Waals surface area contributed by atoms with E-state index in [9.17, 15) is 5.11 Å². The Morgan fingerprint density at radius 1 is 1.50 bits per heavy atom. The molecule has 0 amide bonds. The maximum atomic E-state index is 9.33. The lowest BCUT2D eigenvalue weighted by molar-refractivity contribution is 0.138. The number of rotatable bonds is 3. The molecule has 0 radical (unpaired) electrons. The van der Waals surface area contributed by atoms with E-state index in [1.807, 2.05) is 32.0 Å². The summed E-state index contributed by atoms with van der Waals surface area (Å²) in [6, 6.07) is 7.82. The molecule has 2 rings (SSSR count). The van der Waals surface area contributed by atoms with Crippen molar-refractivity contribution in [2.45, 2.75) is 20.4 Å². The Morgan fingerprint density at radius 2 is 2.22 bits per heavy atom. The lowest BCUT2D eigenvalue weighted by atomic mass is 9.95. The van der Waals surface area contributed by atoms with Crippen LogP contribution in [0.1, 0.15) is 19.5 Å². The number of benzene rings is 1. The number of halogens is 1. The summed E-state index contributed by atoms with van der Waals surface area (Å²) in [5.74, 6) is 0. The van der Waals surface area contributed by atoms with Crippen LogP contribution < -0.4 is 0 Å². The number of nitriles is 1. The zero-order valence-electron chi connectivity index (χ0n) is 10.3. The highest BCUT2D eigenvalue weighted by atomic mass is 79.9. The SMILES string of the molecule is CC(C)(CO)Cn1nc(C#N)c2ccc(Br)cc21. The molecule has 0 unspecified atom stereocenters. The van der Waals surface area contributed by atoms with Crippen molar-refractivity contribution >= 4 is 26.8 Å². The third kappa shape index (κ3) is 2.40. The summed E-state index contributed by atoms with van der Waals surface area (Å²) in [5.41, 5.74) is 1.06. The highest BCUT2D eigenvalue weighted by molar-refractivity contribution is 9.10. The van der Waals surface area contributed by atoms with Crippen molar-refractivity contribution in [3.8, 4) is 6.07 Å². The lowest BCUT2D eigenvalue weighted by Crippen LogP contribution is -2.24. The molecule has 0 aliphatic rings. The fraction of sp³-hybridized carbons (Fsp3) is 0.385. The van der Waals surface area contributed by atoms with Gasteiger partial charge >= 0.3 is 0 Å². The number of aromatic nitrogens is 2. The van der Waals surface area contributed by atoms with Gasteiger partial charge in [-0.05, 0) is 18.2 Å². The van der Waals surface area contributed by atoms with Crippen LogP contribution in [0.5, 0.6) is 0 Å². The Bertz CT molecular complexity index is 625. The Labute approximate surface area is 114 Å². The lowest BCUT2D eigenvalue weighted by Gasteiger charge is -2.21. The van der Waals surface area contributed by atoms with Gasteiger partial charge in [-0.25, -0.2) is 0 Å². The van der Waals surface area contributed by atoms with E-state index in [0.29, 0.717) is 12.2 Å². The molecule has 0 aliphatic heterocycles. The highest BCUT2D eigenvalue weighted by Gasteiger charge is 2.20. The van der Waals surface area contributed by atoms with Gasteiger partial charge in [0.2, 0.25) is 0 Å². The van der Waals surface area contributed by atoms with Crippen LogP contribution in [0, 0.1) is 16.7 Å². The number of fused-ring (bicyclic) bond motifs is 1. The van der Waals surface area contributed by atoms with Gasteiger partial charge in [-0.2, -0.15) is 10.4 Å². The molecule has 18 heavy (non-hydrogen) atoms. The molecular weight excluding hydrogens is 294 g/mol. The topological polar surface area (TPSA) is 61.8 Å². The van der Waals surface area contributed by atoms with Crippen LogP contribution >= 0.6 is 15.9 Å². The standard InChI is InChI=1S/C13H14BrN3O/c1-13(2,8-18)7-17-12-5-9(14)3-4-10(12)11(6-15)16-17/h3-5,18H,7-8H2,1-2H3. The minimum absolute atomic E-state index is 0.0737.